The maximum atomic E-state index is 12.2. The van der Waals surface area contributed by atoms with Crippen molar-refractivity contribution in [3.05, 3.63) is 0 Å². The van der Waals surface area contributed by atoms with E-state index in [0.29, 0.717) is 37.7 Å². The zero-order chi connectivity index (χ0) is 19.3. The molecule has 0 spiro atoms. The predicted molar refractivity (Wildman–Crippen MR) is 99.7 cm³/mol. The Morgan fingerprint density at radius 2 is 1.80 bits per heavy atom. The fourth-order valence-corrected chi connectivity index (χ4v) is 2.63. The van der Waals surface area contributed by atoms with E-state index in [1.165, 1.54) is 11.8 Å². The third kappa shape index (κ3) is 13.5. The molecule has 146 valence electrons. The van der Waals surface area contributed by atoms with Gasteiger partial charge < -0.3 is 19.7 Å². The van der Waals surface area contributed by atoms with Crippen molar-refractivity contribution < 1.29 is 23.9 Å². The number of thioether (sulfide) groups is 1. The van der Waals surface area contributed by atoms with Gasteiger partial charge in [-0.3, -0.25) is 9.59 Å². The second kappa shape index (κ2) is 12.9. The fraction of sp³-hybridized carbons (Fsp3) is 0.824. The van der Waals surface area contributed by atoms with Crippen molar-refractivity contribution in [2.24, 2.45) is 0 Å². The number of nitrogens with zero attached hydrogens (tertiary/aromatic N) is 1. The molecule has 1 N–H and O–H groups in total. The number of amides is 2. The van der Waals surface area contributed by atoms with Crippen LogP contribution < -0.4 is 5.32 Å². The van der Waals surface area contributed by atoms with Gasteiger partial charge in [-0.15, -0.1) is 0 Å². The van der Waals surface area contributed by atoms with E-state index >= 15 is 0 Å². The summed E-state index contributed by atoms with van der Waals surface area (Å²) in [4.78, 5) is 36.8. The molecule has 0 aliphatic carbocycles. The largest absolute Gasteiger partial charge is 0.466 e. The Hall–Kier alpha value is -1.44. The Bertz CT molecular complexity index is 424. The van der Waals surface area contributed by atoms with Crippen molar-refractivity contribution in [3.63, 3.8) is 0 Å². The fourth-order valence-electron chi connectivity index (χ4n) is 1.88. The molecule has 0 aliphatic heterocycles. The van der Waals surface area contributed by atoms with E-state index in [1.807, 2.05) is 6.92 Å². The van der Waals surface area contributed by atoms with Crippen LogP contribution in [0.5, 0.6) is 0 Å². The van der Waals surface area contributed by atoms with Crippen LogP contribution in [0.4, 0.5) is 4.79 Å². The van der Waals surface area contributed by atoms with Crippen LogP contribution in [0.2, 0.25) is 0 Å². The van der Waals surface area contributed by atoms with Crippen molar-refractivity contribution in [1.29, 1.82) is 0 Å². The van der Waals surface area contributed by atoms with Gasteiger partial charge in [0.1, 0.15) is 5.60 Å². The molecule has 0 aromatic heterocycles. The van der Waals surface area contributed by atoms with Crippen LogP contribution in [0.1, 0.15) is 47.5 Å². The number of ether oxygens (including phenoxy) is 2. The number of hydrogen-bond acceptors (Lipinski definition) is 6. The van der Waals surface area contributed by atoms with Crippen molar-refractivity contribution in [2.75, 3.05) is 37.7 Å². The van der Waals surface area contributed by atoms with E-state index in [9.17, 15) is 14.4 Å². The van der Waals surface area contributed by atoms with E-state index in [4.69, 9.17) is 9.47 Å². The van der Waals surface area contributed by atoms with E-state index < -0.39 is 11.7 Å². The molecular weight excluding hydrogens is 344 g/mol. The predicted octanol–water partition coefficient (Wildman–Crippen LogP) is 2.44. The number of nitrogens with one attached hydrogen (secondary N) is 1. The molecule has 0 radical (unpaired) electrons. The molecule has 0 rings (SSSR count). The zero-order valence-electron chi connectivity index (χ0n) is 16.1. The molecule has 0 atom stereocenters. The lowest BCUT2D eigenvalue weighted by Gasteiger charge is -2.21. The van der Waals surface area contributed by atoms with Crippen LogP contribution >= 0.6 is 11.8 Å². The summed E-state index contributed by atoms with van der Waals surface area (Å²) in [5, 5.41) is 2.65. The number of carbonyl (C=O) groups excluding carboxylic acids is 3. The van der Waals surface area contributed by atoms with Gasteiger partial charge >= 0.3 is 12.1 Å². The summed E-state index contributed by atoms with van der Waals surface area (Å²) in [7, 11) is 0. The smallest absolute Gasteiger partial charge is 0.407 e. The van der Waals surface area contributed by atoms with Crippen molar-refractivity contribution in [3.8, 4) is 0 Å². The van der Waals surface area contributed by atoms with Gasteiger partial charge in [0.15, 0.2) is 0 Å². The van der Waals surface area contributed by atoms with Crippen molar-refractivity contribution in [2.45, 2.75) is 53.1 Å². The van der Waals surface area contributed by atoms with E-state index in [0.717, 1.165) is 6.42 Å². The molecule has 0 saturated carbocycles. The first-order valence-corrected chi connectivity index (χ1v) is 9.83. The first-order valence-electron chi connectivity index (χ1n) is 8.67. The molecule has 0 bridgehead atoms. The molecule has 25 heavy (non-hydrogen) atoms. The number of carbonyl (C=O) groups is 3. The lowest BCUT2D eigenvalue weighted by Crippen LogP contribution is -2.36. The summed E-state index contributed by atoms with van der Waals surface area (Å²) in [5.74, 6) is 0.640. The van der Waals surface area contributed by atoms with Gasteiger partial charge in [0.25, 0.3) is 0 Å². The van der Waals surface area contributed by atoms with Crippen LogP contribution in [0, 0.1) is 0 Å². The second-order valence-corrected chi connectivity index (χ2v) is 7.52. The molecule has 7 nitrogen and oxygen atoms in total. The Morgan fingerprint density at radius 1 is 1.12 bits per heavy atom. The minimum Gasteiger partial charge on any atom is -0.466 e. The van der Waals surface area contributed by atoms with Crippen LogP contribution in [0.25, 0.3) is 0 Å². The highest BCUT2D eigenvalue weighted by Gasteiger charge is 2.16. The Morgan fingerprint density at radius 3 is 2.36 bits per heavy atom. The number of rotatable bonds is 11. The van der Waals surface area contributed by atoms with Gasteiger partial charge in [-0.25, -0.2) is 4.79 Å². The van der Waals surface area contributed by atoms with Crippen LogP contribution in [0.3, 0.4) is 0 Å². The van der Waals surface area contributed by atoms with Gasteiger partial charge in [0.2, 0.25) is 5.91 Å². The first-order chi connectivity index (χ1) is 11.7. The van der Waals surface area contributed by atoms with Gasteiger partial charge in [-0.05, 0) is 34.1 Å². The Kier molecular flexibility index (Phi) is 12.1. The molecule has 0 aromatic rings. The number of hydrogen-bond donors (Lipinski definition) is 1. The molecule has 0 aliphatic rings. The average Bonchev–Trinajstić information content (AvgIpc) is 2.49. The van der Waals surface area contributed by atoms with Crippen LogP contribution in [-0.4, -0.2) is 66.2 Å². The monoisotopic (exact) mass is 376 g/mol. The van der Waals surface area contributed by atoms with E-state index in [-0.39, 0.29) is 18.3 Å². The van der Waals surface area contributed by atoms with Crippen molar-refractivity contribution >= 4 is 29.7 Å². The molecule has 0 fully saturated rings. The summed E-state index contributed by atoms with van der Waals surface area (Å²) >= 11 is 1.44. The highest BCUT2D eigenvalue weighted by molar-refractivity contribution is 7.99. The maximum Gasteiger partial charge on any atom is 0.407 e. The van der Waals surface area contributed by atoms with Gasteiger partial charge in [-0.2, -0.15) is 11.8 Å². The van der Waals surface area contributed by atoms with Crippen LogP contribution in [-0.2, 0) is 19.1 Å². The van der Waals surface area contributed by atoms with Gasteiger partial charge in [0.05, 0.1) is 18.8 Å². The van der Waals surface area contributed by atoms with Crippen molar-refractivity contribution in [1.82, 2.24) is 10.2 Å². The molecule has 0 saturated heterocycles. The zero-order valence-corrected chi connectivity index (χ0v) is 16.9. The highest BCUT2D eigenvalue weighted by Crippen LogP contribution is 2.07. The third-order valence-corrected chi connectivity index (χ3v) is 3.82. The molecule has 0 unspecified atom stereocenters. The number of esters is 1. The average molecular weight is 377 g/mol. The molecule has 2 amide bonds. The Labute approximate surface area is 155 Å². The molecule has 8 heteroatoms. The normalized spacial score (nSPS) is 10.9. The lowest BCUT2D eigenvalue weighted by atomic mass is 10.2. The minimum absolute atomic E-state index is 0.00610. The Balaban J connectivity index is 4.02. The van der Waals surface area contributed by atoms with Crippen LogP contribution in [0.15, 0.2) is 0 Å². The van der Waals surface area contributed by atoms with E-state index in [1.54, 1.807) is 32.6 Å². The first kappa shape index (κ1) is 23.6. The summed E-state index contributed by atoms with van der Waals surface area (Å²) in [6.07, 6.45) is 0.589. The number of alkyl carbamates (subject to hydrolysis) is 1. The summed E-state index contributed by atoms with van der Waals surface area (Å²) in [6.45, 7) is 10.9. The second-order valence-electron chi connectivity index (χ2n) is 6.42. The summed E-state index contributed by atoms with van der Waals surface area (Å²) in [5.41, 5.74) is -0.521. The molecule has 0 aromatic carbocycles. The molecular formula is C17H32N2O5S. The maximum absolute atomic E-state index is 12.2. The van der Waals surface area contributed by atoms with E-state index in [2.05, 4.69) is 5.32 Å². The summed E-state index contributed by atoms with van der Waals surface area (Å²) < 4.78 is 10.0. The standard InChI is InChI=1S/C17H32N2O5S/c1-6-10-19(11-8-15(21)23-7-2)14(20)13-25-12-9-18-16(22)24-17(3,4)5/h6-13H2,1-5H3,(H,18,22). The van der Waals surface area contributed by atoms with Gasteiger partial charge in [-0.1, -0.05) is 6.92 Å². The topological polar surface area (TPSA) is 84.9 Å². The summed E-state index contributed by atoms with van der Waals surface area (Å²) in [6, 6.07) is 0. The van der Waals surface area contributed by atoms with Gasteiger partial charge in [0, 0.05) is 25.4 Å². The SMILES string of the molecule is CCCN(CCC(=O)OCC)C(=O)CSCCNC(=O)OC(C)(C)C. The quantitative estimate of drug-likeness (QED) is 0.440. The lowest BCUT2D eigenvalue weighted by molar-refractivity contribution is -0.143. The third-order valence-electron chi connectivity index (χ3n) is 2.88. The minimum atomic E-state index is -0.521. The highest BCUT2D eigenvalue weighted by atomic mass is 32.2. The molecule has 0 heterocycles.